The first-order valence-electron chi connectivity index (χ1n) is 12.7. The molecule has 0 aliphatic heterocycles. The lowest BCUT2D eigenvalue weighted by Gasteiger charge is -2.13. The van der Waals surface area contributed by atoms with Crippen LogP contribution >= 0.6 is 11.3 Å². The molecule has 0 radical (unpaired) electrons. The molecular weight excluding hydrogens is 543 g/mol. The Balaban J connectivity index is 1.57. The van der Waals surface area contributed by atoms with Crippen LogP contribution in [0.3, 0.4) is 0 Å². The van der Waals surface area contributed by atoms with Gasteiger partial charge >= 0.3 is 0 Å². The van der Waals surface area contributed by atoms with Crippen LogP contribution in [0.1, 0.15) is 10.4 Å². The van der Waals surface area contributed by atoms with Gasteiger partial charge in [-0.1, -0.05) is 35.6 Å². The van der Waals surface area contributed by atoms with E-state index in [1.807, 2.05) is 6.07 Å². The van der Waals surface area contributed by atoms with Crippen LogP contribution in [0.4, 0.5) is 9.39 Å². The highest BCUT2D eigenvalue weighted by Crippen LogP contribution is 2.38. The molecule has 0 aliphatic rings. The summed E-state index contributed by atoms with van der Waals surface area (Å²) in [7, 11) is 1.56. The summed E-state index contributed by atoms with van der Waals surface area (Å²) >= 11 is 1.17. The lowest BCUT2D eigenvalue weighted by atomic mass is 10.1. The Hall–Kier alpha value is -5.00. The smallest absolute Gasteiger partial charge is 0.267 e. The fourth-order valence-corrected chi connectivity index (χ4v) is 5.54. The van der Waals surface area contributed by atoms with Crippen LogP contribution in [-0.4, -0.2) is 38.6 Å². The monoisotopic (exact) mass is 566 g/mol. The van der Waals surface area contributed by atoms with Crippen molar-refractivity contribution in [2.24, 2.45) is 0 Å². The predicted octanol–water partition coefficient (Wildman–Crippen LogP) is 4.96. The van der Waals surface area contributed by atoms with Crippen LogP contribution in [0, 0.1) is 11.2 Å². The van der Waals surface area contributed by atoms with Crippen LogP contribution in [0.25, 0.3) is 38.5 Å². The number of nitrogens with one attached hydrogen (secondary N) is 2. The fourth-order valence-electron chi connectivity index (χ4n) is 4.54. The van der Waals surface area contributed by atoms with Crippen molar-refractivity contribution in [1.82, 2.24) is 18.9 Å². The third kappa shape index (κ3) is 4.92. The summed E-state index contributed by atoms with van der Waals surface area (Å²) in [6.07, 6.45) is 1.64. The van der Waals surface area contributed by atoms with Crippen LogP contribution in [0.2, 0.25) is 0 Å². The van der Waals surface area contributed by atoms with E-state index in [2.05, 4.69) is 10.3 Å². The molecule has 1 amide bonds. The number of methoxy groups -OCH3 is 1. The van der Waals surface area contributed by atoms with E-state index in [-0.39, 0.29) is 23.5 Å². The Morgan fingerprint density at radius 1 is 1.05 bits per heavy atom. The van der Waals surface area contributed by atoms with E-state index in [0.29, 0.717) is 55.7 Å². The number of benzene rings is 2. The molecule has 0 saturated heterocycles. The van der Waals surface area contributed by atoms with Crippen molar-refractivity contribution in [3.8, 4) is 21.8 Å². The van der Waals surface area contributed by atoms with Crippen molar-refractivity contribution < 1.29 is 13.9 Å². The second-order valence-corrected chi connectivity index (χ2v) is 10.2. The summed E-state index contributed by atoms with van der Waals surface area (Å²) in [6, 6.07) is 21.4. The molecule has 2 aromatic carbocycles. The normalized spacial score (nSPS) is 11.3. The largest absolute Gasteiger partial charge is 0.383 e. The van der Waals surface area contributed by atoms with Crippen LogP contribution in [-0.2, 0) is 11.3 Å². The van der Waals surface area contributed by atoms with Crippen LogP contribution in [0.5, 0.6) is 0 Å². The molecule has 0 aliphatic carbocycles. The quantitative estimate of drug-likeness (QED) is 0.265. The van der Waals surface area contributed by atoms with Gasteiger partial charge in [-0.2, -0.15) is 0 Å². The molecule has 6 aromatic rings. The van der Waals surface area contributed by atoms with E-state index in [1.165, 1.54) is 27.9 Å². The maximum Gasteiger partial charge on any atom is 0.267 e. The maximum atomic E-state index is 13.7. The first kappa shape index (κ1) is 26.2. The van der Waals surface area contributed by atoms with Crippen molar-refractivity contribution in [1.29, 1.82) is 5.41 Å². The number of pyridine rings is 2. The number of anilines is 1. The van der Waals surface area contributed by atoms with Gasteiger partial charge in [-0.25, -0.2) is 14.4 Å². The number of aromatic nitrogens is 4. The number of thiazole rings is 1. The van der Waals surface area contributed by atoms with Gasteiger partial charge in [-0.05, 0) is 54.6 Å². The van der Waals surface area contributed by atoms with Gasteiger partial charge in [0.1, 0.15) is 38.3 Å². The number of fused-ring (bicyclic) bond motifs is 2. The second-order valence-electron chi connectivity index (χ2n) is 9.16. The molecule has 0 spiro atoms. The number of hydrogen-bond acceptors (Lipinski definition) is 7. The Labute approximate surface area is 236 Å². The SMILES string of the molecule is COCCn1c(=N)c(-c2nc(-c3ccc(F)cc3)c(NC(=O)c3ccccc3)s2)cc2c(=O)n3ccccc3nc21. The summed E-state index contributed by atoms with van der Waals surface area (Å²) in [5, 5.41) is 13.2. The highest BCUT2D eigenvalue weighted by molar-refractivity contribution is 7.19. The van der Waals surface area contributed by atoms with Gasteiger partial charge < -0.3 is 14.6 Å². The molecular formula is C30H23FN6O3S. The zero-order valence-corrected chi connectivity index (χ0v) is 22.6. The third-order valence-corrected chi connectivity index (χ3v) is 7.58. The minimum Gasteiger partial charge on any atom is -0.383 e. The number of ether oxygens (including phenoxy) is 1. The van der Waals surface area contributed by atoms with Crippen molar-refractivity contribution in [3.05, 3.63) is 112 Å². The number of nitrogens with zero attached hydrogens (tertiary/aromatic N) is 4. The number of halogens is 1. The minimum absolute atomic E-state index is 0.0853. The molecule has 0 atom stereocenters. The molecule has 204 valence electrons. The summed E-state index contributed by atoms with van der Waals surface area (Å²) in [6.45, 7) is 0.574. The van der Waals surface area contributed by atoms with Gasteiger partial charge in [0.15, 0.2) is 0 Å². The molecule has 0 fully saturated rings. The Bertz CT molecular complexity index is 2030. The lowest BCUT2D eigenvalue weighted by molar-refractivity contribution is 0.102. The first-order chi connectivity index (χ1) is 19.9. The van der Waals surface area contributed by atoms with E-state index in [1.54, 1.807) is 78.5 Å². The number of amides is 1. The molecule has 0 saturated carbocycles. The minimum atomic E-state index is -0.401. The predicted molar refractivity (Wildman–Crippen MR) is 156 cm³/mol. The average molecular weight is 567 g/mol. The molecule has 4 aromatic heterocycles. The molecule has 41 heavy (non-hydrogen) atoms. The number of hydrogen-bond donors (Lipinski definition) is 2. The number of carbonyl (C=O) groups excluding carboxylic acids is 1. The Morgan fingerprint density at radius 3 is 2.56 bits per heavy atom. The van der Waals surface area contributed by atoms with E-state index < -0.39 is 5.82 Å². The van der Waals surface area contributed by atoms with E-state index >= 15 is 0 Å². The summed E-state index contributed by atoms with van der Waals surface area (Å²) in [5.41, 5.74) is 2.48. The van der Waals surface area contributed by atoms with Gasteiger partial charge in [-0.3, -0.25) is 19.4 Å². The van der Waals surface area contributed by atoms with Crippen molar-refractivity contribution >= 4 is 38.9 Å². The third-order valence-electron chi connectivity index (χ3n) is 6.58. The zero-order valence-electron chi connectivity index (χ0n) is 21.8. The standard InChI is InChI=1S/C30H23FN6O3S/c1-40-16-15-37-25(32)21(17-22-26(37)33-23-9-5-6-14-36(23)30(22)39)28-34-24(18-10-12-20(31)13-11-18)29(41-28)35-27(38)19-7-3-2-4-8-19/h2-14,17,32H,15-16H2,1H3,(H,35,38). The topological polar surface area (TPSA) is 114 Å². The Kier molecular flexibility index (Phi) is 6.96. The molecule has 0 bridgehead atoms. The van der Waals surface area contributed by atoms with Crippen molar-refractivity contribution in [2.45, 2.75) is 6.54 Å². The van der Waals surface area contributed by atoms with Gasteiger partial charge in [0.05, 0.1) is 17.6 Å². The van der Waals surface area contributed by atoms with Gasteiger partial charge in [0, 0.05) is 31.0 Å². The summed E-state index contributed by atoms with van der Waals surface area (Å²) in [5.74, 6) is -0.737. The Morgan fingerprint density at radius 2 is 1.80 bits per heavy atom. The van der Waals surface area contributed by atoms with Gasteiger partial charge in [0.25, 0.3) is 11.5 Å². The number of rotatable bonds is 7. The maximum absolute atomic E-state index is 13.7. The van der Waals surface area contributed by atoms with Gasteiger partial charge in [0.2, 0.25) is 0 Å². The highest BCUT2D eigenvalue weighted by Gasteiger charge is 2.21. The van der Waals surface area contributed by atoms with Crippen LogP contribution in [0.15, 0.2) is 89.9 Å². The van der Waals surface area contributed by atoms with Gasteiger partial charge in [-0.15, -0.1) is 0 Å². The highest BCUT2D eigenvalue weighted by atomic mass is 32.1. The van der Waals surface area contributed by atoms with Crippen molar-refractivity contribution in [2.75, 3.05) is 19.0 Å². The second kappa shape index (κ2) is 10.9. The van der Waals surface area contributed by atoms with Crippen molar-refractivity contribution in [3.63, 3.8) is 0 Å². The molecule has 9 nitrogen and oxygen atoms in total. The zero-order chi connectivity index (χ0) is 28.5. The fraction of sp³-hybridized carbons (Fsp3) is 0.100. The molecule has 4 heterocycles. The van der Waals surface area contributed by atoms with E-state index in [0.717, 1.165) is 0 Å². The van der Waals surface area contributed by atoms with Crippen LogP contribution < -0.4 is 16.4 Å². The summed E-state index contributed by atoms with van der Waals surface area (Å²) < 4.78 is 22.1. The van der Waals surface area contributed by atoms with E-state index in [4.69, 9.17) is 15.1 Å². The number of carbonyl (C=O) groups is 1. The molecule has 0 unspecified atom stereocenters. The summed E-state index contributed by atoms with van der Waals surface area (Å²) in [4.78, 5) is 36.1. The first-order valence-corrected chi connectivity index (χ1v) is 13.5. The van der Waals surface area contributed by atoms with E-state index in [9.17, 15) is 14.0 Å². The average Bonchev–Trinajstić information content (AvgIpc) is 3.41. The molecule has 2 N–H and O–H groups in total. The molecule has 6 rings (SSSR count). The molecule has 11 heteroatoms. The lowest BCUT2D eigenvalue weighted by Crippen LogP contribution is -2.28.